The lowest BCUT2D eigenvalue weighted by molar-refractivity contribution is -0.170. The molecule has 0 bridgehead atoms. The van der Waals surface area contributed by atoms with Gasteiger partial charge in [0.25, 0.3) is 0 Å². The van der Waals surface area contributed by atoms with Crippen LogP contribution in [0.4, 0.5) is 0 Å². The van der Waals surface area contributed by atoms with Crippen molar-refractivity contribution in [3.8, 4) is 0 Å². The summed E-state index contributed by atoms with van der Waals surface area (Å²) in [7, 11) is 0. The van der Waals surface area contributed by atoms with Crippen LogP contribution >= 0.6 is 0 Å². The van der Waals surface area contributed by atoms with Gasteiger partial charge in [-0.15, -0.1) is 0 Å². The van der Waals surface area contributed by atoms with E-state index < -0.39 is 77.8 Å². The normalized spacial score (nSPS) is 12.6. The molecule has 4 N–H and O–H groups in total. The third kappa shape index (κ3) is 11.6. The summed E-state index contributed by atoms with van der Waals surface area (Å²) in [6, 6.07) is 30.8. The monoisotopic (exact) mass is 712 g/mol. The third-order valence-electron chi connectivity index (χ3n) is 7.38. The van der Waals surface area contributed by atoms with Crippen molar-refractivity contribution in [2.24, 2.45) is 0 Å². The van der Waals surface area contributed by atoms with Gasteiger partial charge in [-0.2, -0.15) is 0 Å². The van der Waals surface area contributed by atoms with Gasteiger partial charge in [-0.3, -0.25) is 38.4 Å². The lowest BCUT2D eigenvalue weighted by atomic mass is 9.95. The van der Waals surface area contributed by atoms with Crippen LogP contribution in [0, 0.1) is 0 Å². The maximum atomic E-state index is 13.0. The molecule has 0 aliphatic heterocycles. The molecule has 0 aliphatic carbocycles. The van der Waals surface area contributed by atoms with Gasteiger partial charge in [0.1, 0.15) is 0 Å². The smallest absolute Gasteiger partial charge is 0.332 e. The minimum Gasteiger partial charge on any atom is -0.481 e. The van der Waals surface area contributed by atoms with E-state index in [1.807, 2.05) is 0 Å². The molecular weight excluding hydrogens is 680 g/mol. The summed E-state index contributed by atoms with van der Waals surface area (Å²) in [5.41, 5.74) is 0.907. The van der Waals surface area contributed by atoms with Gasteiger partial charge in [-0.25, -0.2) is 0 Å². The summed E-state index contributed by atoms with van der Waals surface area (Å²) in [5, 5.41) is 36.3. The van der Waals surface area contributed by atoms with Crippen LogP contribution in [-0.2, 0) is 47.8 Å². The Morgan fingerprint density at radius 1 is 0.404 bits per heavy atom. The van der Waals surface area contributed by atoms with E-state index in [1.165, 1.54) is 60.7 Å². The third-order valence-corrected chi connectivity index (χ3v) is 7.38. The summed E-state index contributed by atoms with van der Waals surface area (Å²) < 4.78 is 9.61. The second kappa shape index (κ2) is 19.3. The van der Waals surface area contributed by atoms with Gasteiger partial charge in [0, 0.05) is 0 Å². The van der Waals surface area contributed by atoms with Gasteiger partial charge in [-0.1, -0.05) is 121 Å². The van der Waals surface area contributed by atoms with Crippen LogP contribution in [0.25, 0.3) is 0 Å². The summed E-state index contributed by atoms with van der Waals surface area (Å²) in [6.45, 7) is 0. The highest BCUT2D eigenvalue weighted by molar-refractivity contribution is 6.06. The van der Waals surface area contributed by atoms with E-state index in [9.17, 15) is 48.6 Å². The molecule has 0 aliphatic rings. The van der Waals surface area contributed by atoms with Crippen LogP contribution in [0.2, 0.25) is 0 Å². The molecule has 4 aromatic rings. The molecule has 4 unspecified atom stereocenters. The molecule has 4 rings (SSSR count). The van der Waals surface area contributed by atoms with Crippen molar-refractivity contribution < 1.29 is 68.3 Å². The first kappa shape index (κ1) is 39.5. The quantitative estimate of drug-likeness (QED) is 0.105. The van der Waals surface area contributed by atoms with Crippen molar-refractivity contribution in [1.82, 2.24) is 0 Å². The number of carbonyl (C=O) groups is 8. The number of rotatable bonds is 14. The standard InChI is InChI=1S/C28H22O10.C10H10O4/c29-21(37-27(35)22(24(30)31)18-12-6-2-7-13-18)16-20(17-10-4-1-5-11-17)26(34)38-28(36)23(25(32)33)19-14-8-3-9-15-19;11-9(12)6-8(10(13)14)7-4-2-1-3-5-7/h1-15,20,22-23H,16H2,(H,30,31)(H,32,33);1-5,8H,6H2,(H,11,12)(H,13,14). The van der Waals surface area contributed by atoms with Gasteiger partial charge < -0.3 is 29.9 Å². The van der Waals surface area contributed by atoms with Gasteiger partial charge in [0.05, 0.1) is 24.7 Å². The lowest BCUT2D eigenvalue weighted by Gasteiger charge is -2.17. The average Bonchev–Trinajstić information content (AvgIpc) is 3.11. The van der Waals surface area contributed by atoms with E-state index in [2.05, 4.69) is 0 Å². The molecule has 4 aromatic carbocycles. The maximum absolute atomic E-state index is 13.0. The fourth-order valence-electron chi connectivity index (χ4n) is 4.89. The van der Waals surface area contributed by atoms with Crippen molar-refractivity contribution in [3.05, 3.63) is 144 Å². The van der Waals surface area contributed by atoms with Gasteiger partial charge in [0.15, 0.2) is 11.8 Å². The first-order valence-corrected chi connectivity index (χ1v) is 15.4. The first-order valence-electron chi connectivity index (χ1n) is 15.4. The minimum absolute atomic E-state index is 0.0830. The second-order valence-electron chi connectivity index (χ2n) is 11.0. The topological polar surface area (TPSA) is 236 Å². The Labute approximate surface area is 295 Å². The average molecular weight is 713 g/mol. The van der Waals surface area contributed by atoms with E-state index in [4.69, 9.17) is 19.7 Å². The van der Waals surface area contributed by atoms with E-state index in [0.29, 0.717) is 5.56 Å². The molecule has 0 aromatic heterocycles. The lowest BCUT2D eigenvalue weighted by Crippen LogP contribution is -2.30. The van der Waals surface area contributed by atoms with Gasteiger partial charge in [0.2, 0.25) is 0 Å². The fraction of sp³-hybridized carbons (Fsp3) is 0.158. The molecule has 52 heavy (non-hydrogen) atoms. The van der Waals surface area contributed by atoms with E-state index in [1.54, 1.807) is 60.7 Å². The van der Waals surface area contributed by atoms with Gasteiger partial charge >= 0.3 is 47.8 Å². The van der Waals surface area contributed by atoms with Crippen molar-refractivity contribution in [1.29, 1.82) is 0 Å². The van der Waals surface area contributed by atoms with Gasteiger partial charge in [-0.05, 0) is 22.3 Å². The number of benzene rings is 4. The van der Waals surface area contributed by atoms with Crippen molar-refractivity contribution in [3.63, 3.8) is 0 Å². The highest BCUT2D eigenvalue weighted by atomic mass is 16.6. The molecule has 0 spiro atoms. The highest BCUT2D eigenvalue weighted by Crippen LogP contribution is 2.26. The SMILES string of the molecule is O=C(CC(C(=O)OC(=O)C(C(=O)O)c1ccccc1)c1ccccc1)OC(=O)C(C(=O)O)c1ccccc1.O=C(O)CC(C(=O)O)c1ccccc1. The van der Waals surface area contributed by atoms with Crippen molar-refractivity contribution in [2.45, 2.75) is 36.5 Å². The second-order valence-corrected chi connectivity index (χ2v) is 11.0. The number of hydrogen-bond donors (Lipinski definition) is 4. The Bertz CT molecular complexity index is 1880. The Hall–Kier alpha value is -6.96. The number of carboxylic acid groups (broad SMARTS) is 4. The van der Waals surface area contributed by atoms with E-state index >= 15 is 0 Å². The maximum Gasteiger partial charge on any atom is 0.332 e. The number of carboxylic acids is 4. The van der Waals surface area contributed by atoms with Crippen LogP contribution < -0.4 is 0 Å². The summed E-state index contributed by atoms with van der Waals surface area (Å²) in [4.78, 5) is 95.4. The number of carbonyl (C=O) groups excluding carboxylic acids is 4. The predicted molar refractivity (Wildman–Crippen MR) is 179 cm³/mol. The highest BCUT2D eigenvalue weighted by Gasteiger charge is 2.37. The predicted octanol–water partition coefficient (Wildman–Crippen LogP) is 4.37. The zero-order chi connectivity index (χ0) is 38.2. The van der Waals surface area contributed by atoms with E-state index in [-0.39, 0.29) is 23.1 Å². The molecule has 0 amide bonds. The molecule has 0 radical (unpaired) electrons. The Balaban J connectivity index is 0.000000435. The number of hydrogen-bond acceptors (Lipinski definition) is 10. The number of esters is 4. The Kier molecular flexibility index (Phi) is 14.6. The molecule has 14 nitrogen and oxygen atoms in total. The fourth-order valence-corrected chi connectivity index (χ4v) is 4.89. The molecule has 268 valence electrons. The molecular formula is C38H32O14. The summed E-state index contributed by atoms with van der Waals surface area (Å²) >= 11 is 0. The molecule has 0 saturated carbocycles. The molecule has 0 saturated heterocycles. The zero-order valence-electron chi connectivity index (χ0n) is 27.1. The minimum atomic E-state index is -1.80. The van der Waals surface area contributed by atoms with Crippen LogP contribution in [0.15, 0.2) is 121 Å². The number of aliphatic carboxylic acids is 4. The van der Waals surface area contributed by atoms with Crippen LogP contribution in [0.5, 0.6) is 0 Å². The zero-order valence-corrected chi connectivity index (χ0v) is 27.1. The molecule has 14 heteroatoms. The molecule has 0 heterocycles. The Morgan fingerprint density at radius 3 is 1.10 bits per heavy atom. The summed E-state index contributed by atoms with van der Waals surface area (Å²) in [6.07, 6.45) is -1.18. The van der Waals surface area contributed by atoms with Crippen LogP contribution in [-0.4, -0.2) is 68.2 Å². The van der Waals surface area contributed by atoms with E-state index in [0.717, 1.165) is 0 Å². The molecule has 4 atom stereocenters. The van der Waals surface area contributed by atoms with Crippen molar-refractivity contribution >= 4 is 47.8 Å². The van der Waals surface area contributed by atoms with Crippen LogP contribution in [0.1, 0.15) is 58.8 Å². The molecule has 0 fully saturated rings. The summed E-state index contributed by atoms with van der Waals surface area (Å²) in [5.74, 6) is -16.5. The largest absolute Gasteiger partial charge is 0.481 e. The van der Waals surface area contributed by atoms with Crippen molar-refractivity contribution in [2.75, 3.05) is 0 Å². The number of ether oxygens (including phenoxy) is 2. The van der Waals surface area contributed by atoms with Crippen LogP contribution in [0.3, 0.4) is 0 Å². The Morgan fingerprint density at radius 2 is 0.750 bits per heavy atom. The first-order chi connectivity index (χ1) is 24.8.